The van der Waals surface area contributed by atoms with Crippen LogP contribution in [-0.4, -0.2) is 48.9 Å². The van der Waals surface area contributed by atoms with E-state index in [1.54, 1.807) is 11.8 Å². The largest absolute Gasteiger partial charge is 0.344 e. The van der Waals surface area contributed by atoms with Gasteiger partial charge in [-0.15, -0.1) is 0 Å². The van der Waals surface area contributed by atoms with Crippen molar-refractivity contribution in [1.29, 1.82) is 0 Å². The Bertz CT molecular complexity index is 321. The first kappa shape index (κ1) is 16.0. The van der Waals surface area contributed by atoms with Crippen molar-refractivity contribution in [2.24, 2.45) is 5.41 Å². The predicted octanol–water partition coefficient (Wildman–Crippen LogP) is 0.749. The molecule has 0 aromatic rings. The van der Waals surface area contributed by atoms with E-state index < -0.39 is 11.5 Å². The van der Waals surface area contributed by atoms with E-state index in [1.165, 1.54) is 0 Å². The van der Waals surface area contributed by atoms with E-state index in [-0.39, 0.29) is 11.8 Å². The Morgan fingerprint density at radius 1 is 1.37 bits per heavy atom. The molecule has 0 spiro atoms. The van der Waals surface area contributed by atoms with Gasteiger partial charge in [0.15, 0.2) is 0 Å². The Morgan fingerprint density at radius 3 is 2.47 bits per heavy atom. The highest BCUT2D eigenvalue weighted by molar-refractivity contribution is 5.89. The maximum atomic E-state index is 12.3. The number of nitrogens with zero attached hydrogens (tertiary/aromatic N) is 1. The average molecular weight is 269 g/mol. The highest BCUT2D eigenvalue weighted by Gasteiger charge is 2.36. The van der Waals surface area contributed by atoms with Crippen LogP contribution in [0.3, 0.4) is 0 Å². The third-order valence-electron chi connectivity index (χ3n) is 3.94. The van der Waals surface area contributed by atoms with E-state index in [0.717, 1.165) is 19.4 Å². The topological polar surface area (TPSA) is 61.4 Å². The highest BCUT2D eigenvalue weighted by atomic mass is 16.2. The molecule has 1 heterocycles. The SMILES string of the molecule is CCN(CC)C(=O)C(C)NC(=O)C1(C)CCCNC1. The lowest BCUT2D eigenvalue weighted by molar-refractivity contribution is -0.139. The van der Waals surface area contributed by atoms with Gasteiger partial charge in [0.1, 0.15) is 6.04 Å². The van der Waals surface area contributed by atoms with Crippen LogP contribution in [0.2, 0.25) is 0 Å². The molecule has 110 valence electrons. The molecule has 0 saturated carbocycles. The number of carbonyl (C=O) groups is 2. The number of carbonyl (C=O) groups excluding carboxylic acids is 2. The average Bonchev–Trinajstić information content (AvgIpc) is 2.40. The molecule has 5 nitrogen and oxygen atoms in total. The van der Waals surface area contributed by atoms with Gasteiger partial charge in [0.2, 0.25) is 11.8 Å². The van der Waals surface area contributed by atoms with E-state index in [9.17, 15) is 9.59 Å². The van der Waals surface area contributed by atoms with E-state index in [1.807, 2.05) is 20.8 Å². The van der Waals surface area contributed by atoms with Crippen LogP contribution < -0.4 is 10.6 Å². The fourth-order valence-electron chi connectivity index (χ4n) is 2.49. The van der Waals surface area contributed by atoms with Gasteiger partial charge in [0, 0.05) is 19.6 Å². The second-order valence-electron chi connectivity index (χ2n) is 5.55. The highest BCUT2D eigenvalue weighted by Crippen LogP contribution is 2.25. The molecule has 0 bridgehead atoms. The quantitative estimate of drug-likeness (QED) is 0.774. The minimum absolute atomic E-state index is 0.00859. The first-order chi connectivity index (χ1) is 8.94. The molecule has 0 aromatic carbocycles. The van der Waals surface area contributed by atoms with Crippen molar-refractivity contribution in [3.8, 4) is 0 Å². The van der Waals surface area contributed by atoms with Crippen LogP contribution in [0.15, 0.2) is 0 Å². The molecule has 0 radical (unpaired) electrons. The van der Waals surface area contributed by atoms with Crippen LogP contribution in [0.5, 0.6) is 0 Å². The van der Waals surface area contributed by atoms with Crippen LogP contribution in [0.4, 0.5) is 0 Å². The smallest absolute Gasteiger partial charge is 0.244 e. The molecule has 5 heteroatoms. The summed E-state index contributed by atoms with van der Waals surface area (Å²) in [6.07, 6.45) is 1.88. The van der Waals surface area contributed by atoms with Crippen LogP contribution in [0.25, 0.3) is 0 Å². The van der Waals surface area contributed by atoms with Gasteiger partial charge in [0.25, 0.3) is 0 Å². The number of nitrogens with one attached hydrogen (secondary N) is 2. The molecule has 19 heavy (non-hydrogen) atoms. The Hall–Kier alpha value is -1.10. The number of hydrogen-bond acceptors (Lipinski definition) is 3. The number of amides is 2. The Kier molecular flexibility index (Phi) is 5.79. The van der Waals surface area contributed by atoms with Crippen molar-refractivity contribution in [2.75, 3.05) is 26.2 Å². The van der Waals surface area contributed by atoms with Crippen molar-refractivity contribution >= 4 is 11.8 Å². The predicted molar refractivity (Wildman–Crippen MR) is 75.7 cm³/mol. The van der Waals surface area contributed by atoms with Crippen LogP contribution >= 0.6 is 0 Å². The van der Waals surface area contributed by atoms with E-state index >= 15 is 0 Å². The van der Waals surface area contributed by atoms with Crippen molar-refractivity contribution in [1.82, 2.24) is 15.5 Å². The van der Waals surface area contributed by atoms with Crippen LogP contribution in [0.1, 0.15) is 40.5 Å². The van der Waals surface area contributed by atoms with Gasteiger partial charge in [0.05, 0.1) is 5.41 Å². The molecule has 2 amide bonds. The molecular formula is C14H27N3O2. The summed E-state index contributed by atoms with van der Waals surface area (Å²) < 4.78 is 0. The Morgan fingerprint density at radius 2 is 2.00 bits per heavy atom. The summed E-state index contributed by atoms with van der Waals surface area (Å²) in [7, 11) is 0. The Balaban J connectivity index is 2.58. The number of likely N-dealkylation sites (N-methyl/N-ethyl adjacent to an activating group) is 1. The molecule has 1 saturated heterocycles. The van der Waals surface area contributed by atoms with Crippen molar-refractivity contribution in [3.63, 3.8) is 0 Å². The normalized spacial score (nSPS) is 24.6. The zero-order valence-electron chi connectivity index (χ0n) is 12.6. The number of rotatable bonds is 5. The zero-order chi connectivity index (χ0) is 14.5. The van der Waals surface area contributed by atoms with Crippen molar-refractivity contribution in [2.45, 2.75) is 46.6 Å². The molecule has 2 atom stereocenters. The zero-order valence-corrected chi connectivity index (χ0v) is 12.6. The fraction of sp³-hybridized carbons (Fsp3) is 0.857. The first-order valence-electron chi connectivity index (χ1n) is 7.25. The van der Waals surface area contributed by atoms with Gasteiger partial charge in [-0.1, -0.05) is 0 Å². The van der Waals surface area contributed by atoms with Crippen LogP contribution in [0, 0.1) is 5.41 Å². The van der Waals surface area contributed by atoms with Gasteiger partial charge < -0.3 is 15.5 Å². The van der Waals surface area contributed by atoms with Gasteiger partial charge in [-0.2, -0.15) is 0 Å². The minimum Gasteiger partial charge on any atom is -0.344 e. The number of piperidine rings is 1. The summed E-state index contributed by atoms with van der Waals surface area (Å²) in [5, 5.41) is 6.12. The Labute approximate surface area is 116 Å². The number of hydrogen-bond donors (Lipinski definition) is 2. The lowest BCUT2D eigenvalue weighted by atomic mass is 9.81. The molecule has 1 fully saturated rings. The first-order valence-corrected chi connectivity index (χ1v) is 7.25. The van der Waals surface area contributed by atoms with Gasteiger partial charge >= 0.3 is 0 Å². The van der Waals surface area contributed by atoms with Crippen molar-refractivity contribution in [3.05, 3.63) is 0 Å². The molecule has 0 aromatic heterocycles. The van der Waals surface area contributed by atoms with E-state index in [2.05, 4.69) is 10.6 Å². The second-order valence-corrected chi connectivity index (χ2v) is 5.55. The van der Waals surface area contributed by atoms with Crippen LogP contribution in [-0.2, 0) is 9.59 Å². The molecule has 0 aliphatic carbocycles. The van der Waals surface area contributed by atoms with E-state index in [4.69, 9.17) is 0 Å². The monoisotopic (exact) mass is 269 g/mol. The third kappa shape index (κ3) is 3.93. The molecule has 1 aliphatic rings. The summed E-state index contributed by atoms with van der Waals surface area (Å²) >= 11 is 0. The second kappa shape index (κ2) is 6.89. The maximum absolute atomic E-state index is 12.3. The molecule has 2 unspecified atom stereocenters. The molecular weight excluding hydrogens is 242 g/mol. The summed E-state index contributed by atoms with van der Waals surface area (Å²) in [4.78, 5) is 26.2. The lowest BCUT2D eigenvalue weighted by Gasteiger charge is -2.34. The van der Waals surface area contributed by atoms with Gasteiger partial charge in [-0.05, 0) is 47.1 Å². The standard InChI is InChI=1S/C14H27N3O2/c1-5-17(6-2)12(18)11(3)16-13(19)14(4)8-7-9-15-10-14/h11,15H,5-10H2,1-4H3,(H,16,19). The van der Waals surface area contributed by atoms with E-state index in [0.29, 0.717) is 19.6 Å². The summed E-state index contributed by atoms with van der Waals surface area (Å²) in [5.74, 6) is -0.0292. The maximum Gasteiger partial charge on any atom is 0.244 e. The molecule has 1 rings (SSSR count). The lowest BCUT2D eigenvalue weighted by Crippen LogP contribution is -2.54. The minimum atomic E-state index is -0.453. The third-order valence-corrected chi connectivity index (χ3v) is 3.94. The van der Waals surface area contributed by atoms with Gasteiger partial charge in [-0.3, -0.25) is 9.59 Å². The van der Waals surface area contributed by atoms with Gasteiger partial charge in [-0.25, -0.2) is 0 Å². The summed E-state index contributed by atoms with van der Waals surface area (Å²) in [5.41, 5.74) is -0.393. The molecule has 1 aliphatic heterocycles. The van der Waals surface area contributed by atoms with Crippen molar-refractivity contribution < 1.29 is 9.59 Å². The summed E-state index contributed by atoms with van der Waals surface area (Å²) in [6, 6.07) is -0.453. The molecule has 2 N–H and O–H groups in total. The fourth-order valence-corrected chi connectivity index (χ4v) is 2.49. The summed E-state index contributed by atoms with van der Waals surface area (Å²) in [6.45, 7) is 10.6.